The van der Waals surface area contributed by atoms with Crippen LogP contribution < -0.4 is 15.5 Å². The standard InChI is InChI=1S/C17H19N5O2/c23-15-3-1-12-22(15)14-6-4-13(5-7-14)16(24)18-10-11-21-17-19-8-2-9-20-17/h2,4-9H,1,3,10-12H2,(H,18,24)(H,19,20,21). The van der Waals surface area contributed by atoms with Crippen LogP contribution in [-0.2, 0) is 4.79 Å². The molecule has 0 aliphatic carbocycles. The molecule has 0 saturated carbocycles. The zero-order chi connectivity index (χ0) is 16.8. The number of carbonyl (C=O) groups excluding carboxylic acids is 2. The average Bonchev–Trinajstić information content (AvgIpc) is 3.05. The summed E-state index contributed by atoms with van der Waals surface area (Å²) in [6.45, 7) is 1.75. The van der Waals surface area contributed by atoms with E-state index in [4.69, 9.17) is 0 Å². The fourth-order valence-corrected chi connectivity index (χ4v) is 2.56. The molecule has 7 heteroatoms. The number of hydrogen-bond donors (Lipinski definition) is 2. The zero-order valence-corrected chi connectivity index (χ0v) is 13.2. The van der Waals surface area contributed by atoms with Crippen LogP contribution in [-0.4, -0.2) is 41.4 Å². The summed E-state index contributed by atoms with van der Waals surface area (Å²) in [7, 11) is 0. The minimum absolute atomic E-state index is 0.140. The third-order valence-electron chi connectivity index (χ3n) is 3.77. The van der Waals surface area contributed by atoms with Crippen LogP contribution in [0.5, 0.6) is 0 Å². The summed E-state index contributed by atoms with van der Waals surface area (Å²) in [6, 6.07) is 8.85. The van der Waals surface area contributed by atoms with Gasteiger partial charge in [-0.1, -0.05) is 0 Å². The van der Waals surface area contributed by atoms with E-state index < -0.39 is 0 Å². The molecule has 2 heterocycles. The molecule has 1 fully saturated rings. The molecule has 1 aromatic heterocycles. The van der Waals surface area contributed by atoms with E-state index in [9.17, 15) is 9.59 Å². The third-order valence-corrected chi connectivity index (χ3v) is 3.77. The number of aromatic nitrogens is 2. The zero-order valence-electron chi connectivity index (χ0n) is 13.2. The second-order valence-corrected chi connectivity index (χ2v) is 5.45. The lowest BCUT2D eigenvalue weighted by Crippen LogP contribution is -2.29. The van der Waals surface area contributed by atoms with E-state index in [-0.39, 0.29) is 11.8 Å². The molecular formula is C17H19N5O2. The van der Waals surface area contributed by atoms with Gasteiger partial charge in [0.1, 0.15) is 0 Å². The fraction of sp³-hybridized carbons (Fsp3) is 0.294. The van der Waals surface area contributed by atoms with Crippen molar-refractivity contribution in [2.75, 3.05) is 29.9 Å². The largest absolute Gasteiger partial charge is 0.352 e. The van der Waals surface area contributed by atoms with Gasteiger partial charge in [-0.05, 0) is 36.8 Å². The Bertz CT molecular complexity index is 703. The molecule has 2 aromatic rings. The van der Waals surface area contributed by atoms with E-state index >= 15 is 0 Å². The minimum Gasteiger partial charge on any atom is -0.352 e. The Balaban J connectivity index is 1.47. The lowest BCUT2D eigenvalue weighted by molar-refractivity contribution is -0.117. The van der Waals surface area contributed by atoms with Gasteiger partial charge in [-0.3, -0.25) is 9.59 Å². The molecule has 124 valence electrons. The Morgan fingerprint density at radius 1 is 1.12 bits per heavy atom. The van der Waals surface area contributed by atoms with Gasteiger partial charge in [0.05, 0.1) is 0 Å². The monoisotopic (exact) mass is 325 g/mol. The Morgan fingerprint density at radius 3 is 2.54 bits per heavy atom. The Kier molecular flexibility index (Phi) is 5.00. The second-order valence-electron chi connectivity index (χ2n) is 5.45. The predicted molar refractivity (Wildman–Crippen MR) is 90.9 cm³/mol. The van der Waals surface area contributed by atoms with Crippen molar-refractivity contribution in [1.82, 2.24) is 15.3 Å². The van der Waals surface area contributed by atoms with Crippen molar-refractivity contribution < 1.29 is 9.59 Å². The Morgan fingerprint density at radius 2 is 1.88 bits per heavy atom. The quantitative estimate of drug-likeness (QED) is 0.785. The normalized spacial score (nSPS) is 13.8. The molecule has 3 rings (SSSR count). The number of carbonyl (C=O) groups is 2. The lowest BCUT2D eigenvalue weighted by atomic mass is 10.2. The van der Waals surface area contributed by atoms with Gasteiger partial charge < -0.3 is 15.5 Å². The van der Waals surface area contributed by atoms with Gasteiger partial charge in [0.25, 0.3) is 5.91 Å². The van der Waals surface area contributed by atoms with E-state index in [1.807, 2.05) is 12.1 Å². The van der Waals surface area contributed by atoms with Crippen LogP contribution in [0.15, 0.2) is 42.7 Å². The molecule has 1 aromatic carbocycles. The Labute approximate surface area is 140 Å². The van der Waals surface area contributed by atoms with Crippen LogP contribution in [0.4, 0.5) is 11.6 Å². The molecule has 2 N–H and O–H groups in total. The van der Waals surface area contributed by atoms with Crippen molar-refractivity contribution >= 4 is 23.5 Å². The summed E-state index contributed by atoms with van der Waals surface area (Å²) in [5, 5.41) is 5.85. The number of benzene rings is 1. The second kappa shape index (κ2) is 7.54. The number of hydrogen-bond acceptors (Lipinski definition) is 5. The first kappa shape index (κ1) is 15.9. The number of nitrogens with one attached hydrogen (secondary N) is 2. The summed E-state index contributed by atoms with van der Waals surface area (Å²) >= 11 is 0. The highest BCUT2D eigenvalue weighted by Gasteiger charge is 2.21. The van der Waals surface area contributed by atoms with Gasteiger partial charge in [-0.25, -0.2) is 9.97 Å². The van der Waals surface area contributed by atoms with Gasteiger partial charge in [-0.2, -0.15) is 0 Å². The van der Waals surface area contributed by atoms with Crippen molar-refractivity contribution in [3.63, 3.8) is 0 Å². The summed E-state index contributed by atoms with van der Waals surface area (Å²) in [4.78, 5) is 33.7. The van der Waals surface area contributed by atoms with Crippen LogP contribution in [0.1, 0.15) is 23.2 Å². The molecule has 1 saturated heterocycles. The number of amides is 2. The highest BCUT2D eigenvalue weighted by molar-refractivity contribution is 5.97. The number of anilines is 2. The van der Waals surface area contributed by atoms with Gasteiger partial charge >= 0.3 is 0 Å². The van der Waals surface area contributed by atoms with Gasteiger partial charge in [0.2, 0.25) is 11.9 Å². The summed E-state index contributed by atoms with van der Waals surface area (Å²) in [5.74, 6) is 0.526. The smallest absolute Gasteiger partial charge is 0.251 e. The highest BCUT2D eigenvalue weighted by atomic mass is 16.2. The lowest BCUT2D eigenvalue weighted by Gasteiger charge is -2.15. The third kappa shape index (κ3) is 3.87. The van der Waals surface area contributed by atoms with E-state index in [1.165, 1.54) is 0 Å². The molecule has 0 spiro atoms. The molecule has 0 unspecified atom stereocenters. The first-order valence-electron chi connectivity index (χ1n) is 7.93. The Hall–Kier alpha value is -2.96. The molecule has 1 aliphatic rings. The van der Waals surface area contributed by atoms with Crippen molar-refractivity contribution in [3.05, 3.63) is 48.3 Å². The first-order valence-corrected chi connectivity index (χ1v) is 7.93. The van der Waals surface area contributed by atoms with Crippen LogP contribution in [0.25, 0.3) is 0 Å². The van der Waals surface area contributed by atoms with E-state index in [0.29, 0.717) is 31.0 Å². The van der Waals surface area contributed by atoms with Crippen LogP contribution in [0.3, 0.4) is 0 Å². The molecule has 2 amide bonds. The van der Waals surface area contributed by atoms with E-state index in [1.54, 1.807) is 35.5 Å². The topological polar surface area (TPSA) is 87.2 Å². The predicted octanol–water partition coefficient (Wildman–Crippen LogP) is 1.45. The summed E-state index contributed by atoms with van der Waals surface area (Å²) < 4.78 is 0. The number of nitrogens with zero attached hydrogens (tertiary/aromatic N) is 3. The minimum atomic E-state index is -0.148. The maximum atomic E-state index is 12.1. The SMILES string of the molecule is O=C(NCCNc1ncccn1)c1ccc(N2CCCC2=O)cc1. The molecule has 24 heavy (non-hydrogen) atoms. The average molecular weight is 325 g/mol. The van der Waals surface area contributed by atoms with Crippen molar-refractivity contribution in [3.8, 4) is 0 Å². The number of rotatable bonds is 6. The van der Waals surface area contributed by atoms with Crippen molar-refractivity contribution in [2.24, 2.45) is 0 Å². The van der Waals surface area contributed by atoms with Gasteiger partial charge in [0, 0.05) is 49.7 Å². The van der Waals surface area contributed by atoms with Crippen LogP contribution in [0, 0.1) is 0 Å². The summed E-state index contributed by atoms with van der Waals surface area (Å²) in [5.41, 5.74) is 1.42. The summed E-state index contributed by atoms with van der Waals surface area (Å²) in [6.07, 6.45) is 4.79. The molecular weight excluding hydrogens is 306 g/mol. The molecule has 0 atom stereocenters. The molecule has 7 nitrogen and oxygen atoms in total. The van der Waals surface area contributed by atoms with E-state index in [2.05, 4.69) is 20.6 Å². The van der Waals surface area contributed by atoms with Crippen LogP contribution in [0.2, 0.25) is 0 Å². The molecule has 1 aliphatic heterocycles. The first-order chi connectivity index (χ1) is 11.7. The van der Waals surface area contributed by atoms with E-state index in [0.717, 1.165) is 18.7 Å². The van der Waals surface area contributed by atoms with Gasteiger partial charge in [0.15, 0.2) is 0 Å². The molecule has 0 bridgehead atoms. The maximum Gasteiger partial charge on any atom is 0.251 e. The van der Waals surface area contributed by atoms with Gasteiger partial charge in [-0.15, -0.1) is 0 Å². The van der Waals surface area contributed by atoms with Crippen molar-refractivity contribution in [2.45, 2.75) is 12.8 Å². The highest BCUT2D eigenvalue weighted by Crippen LogP contribution is 2.21. The molecule has 0 radical (unpaired) electrons. The van der Waals surface area contributed by atoms with Crippen LogP contribution >= 0.6 is 0 Å². The maximum absolute atomic E-state index is 12.1. The fourth-order valence-electron chi connectivity index (χ4n) is 2.56. The van der Waals surface area contributed by atoms with Crippen molar-refractivity contribution in [1.29, 1.82) is 0 Å².